The minimum absolute atomic E-state index is 0.489. The molecule has 0 saturated carbocycles. The van der Waals surface area contributed by atoms with Crippen molar-refractivity contribution in [2.75, 3.05) is 6.61 Å². The lowest BCUT2D eigenvalue weighted by Gasteiger charge is -2.32. The van der Waals surface area contributed by atoms with Crippen LogP contribution in [0.3, 0.4) is 0 Å². The SMILES string of the molecule is C#CN(C(=O)C(CO)NC(=O)OC(C)(C)C)C(C(=O)NC(C)(C)C)c1ccc(C)cc1. The molecular weight excluding hydrogens is 398 g/mol. The van der Waals surface area contributed by atoms with Crippen molar-refractivity contribution >= 4 is 17.9 Å². The molecule has 2 atom stereocenters. The van der Waals surface area contributed by atoms with Gasteiger partial charge in [-0.25, -0.2) is 4.79 Å². The zero-order valence-corrected chi connectivity index (χ0v) is 19.3. The van der Waals surface area contributed by atoms with Crippen molar-refractivity contribution in [2.45, 2.75) is 71.7 Å². The number of aliphatic hydroxyl groups is 1. The molecule has 0 spiro atoms. The van der Waals surface area contributed by atoms with E-state index >= 15 is 0 Å². The Morgan fingerprint density at radius 2 is 1.68 bits per heavy atom. The normalized spacial score (nSPS) is 13.4. The van der Waals surface area contributed by atoms with Crippen LogP contribution in [0.4, 0.5) is 4.79 Å². The van der Waals surface area contributed by atoms with Crippen LogP contribution in [0.15, 0.2) is 24.3 Å². The van der Waals surface area contributed by atoms with Gasteiger partial charge in [-0.3, -0.25) is 14.5 Å². The van der Waals surface area contributed by atoms with Gasteiger partial charge in [-0.1, -0.05) is 36.3 Å². The van der Waals surface area contributed by atoms with Crippen molar-refractivity contribution < 1.29 is 24.2 Å². The summed E-state index contributed by atoms with van der Waals surface area (Å²) in [5.41, 5.74) is 0.0922. The van der Waals surface area contributed by atoms with Crippen LogP contribution in [0.5, 0.6) is 0 Å². The Morgan fingerprint density at radius 1 is 1.13 bits per heavy atom. The Kier molecular flexibility index (Phi) is 8.64. The van der Waals surface area contributed by atoms with Gasteiger partial charge in [0.05, 0.1) is 6.61 Å². The number of amides is 3. The molecule has 1 rings (SSSR count). The molecular formula is C23H33N3O5. The maximum atomic E-state index is 13.1. The Morgan fingerprint density at radius 3 is 2.10 bits per heavy atom. The Labute approximate surface area is 184 Å². The molecule has 3 N–H and O–H groups in total. The van der Waals surface area contributed by atoms with Gasteiger partial charge in [0, 0.05) is 11.6 Å². The van der Waals surface area contributed by atoms with Crippen LogP contribution in [0.25, 0.3) is 0 Å². The van der Waals surface area contributed by atoms with E-state index in [0.717, 1.165) is 10.5 Å². The third-order valence-electron chi connectivity index (χ3n) is 3.95. The molecule has 0 radical (unpaired) electrons. The van der Waals surface area contributed by atoms with Crippen LogP contribution >= 0.6 is 0 Å². The van der Waals surface area contributed by atoms with Crippen molar-refractivity contribution in [2.24, 2.45) is 0 Å². The maximum Gasteiger partial charge on any atom is 0.408 e. The van der Waals surface area contributed by atoms with Gasteiger partial charge in [-0.15, -0.1) is 0 Å². The molecule has 8 nitrogen and oxygen atoms in total. The van der Waals surface area contributed by atoms with Crippen LogP contribution in [-0.4, -0.2) is 51.7 Å². The summed E-state index contributed by atoms with van der Waals surface area (Å²) in [6, 6.07) is 6.70. The highest BCUT2D eigenvalue weighted by Crippen LogP contribution is 2.23. The third-order valence-corrected chi connectivity index (χ3v) is 3.95. The minimum Gasteiger partial charge on any atom is -0.444 e. The number of nitrogens with one attached hydrogen (secondary N) is 2. The van der Waals surface area contributed by atoms with Crippen LogP contribution < -0.4 is 10.6 Å². The van der Waals surface area contributed by atoms with Crippen LogP contribution in [0, 0.1) is 19.4 Å². The molecule has 0 aliphatic carbocycles. The van der Waals surface area contributed by atoms with E-state index in [4.69, 9.17) is 11.2 Å². The highest BCUT2D eigenvalue weighted by atomic mass is 16.6. The van der Waals surface area contributed by atoms with E-state index in [1.165, 1.54) is 0 Å². The number of aliphatic hydroxyl groups excluding tert-OH is 1. The zero-order valence-electron chi connectivity index (χ0n) is 19.3. The number of rotatable bonds is 6. The van der Waals surface area contributed by atoms with Crippen LogP contribution in [0.2, 0.25) is 0 Å². The molecule has 0 fully saturated rings. The monoisotopic (exact) mass is 431 g/mol. The number of benzene rings is 1. The third kappa shape index (κ3) is 8.30. The second-order valence-electron chi connectivity index (χ2n) is 9.27. The van der Waals surface area contributed by atoms with Gasteiger partial charge in [0.2, 0.25) is 5.91 Å². The van der Waals surface area contributed by atoms with Gasteiger partial charge in [0.25, 0.3) is 5.91 Å². The molecule has 0 aliphatic heterocycles. The molecule has 3 amide bonds. The van der Waals surface area contributed by atoms with E-state index in [1.807, 2.05) is 6.92 Å². The lowest BCUT2D eigenvalue weighted by atomic mass is 10.00. The molecule has 0 saturated heterocycles. The predicted octanol–water partition coefficient (Wildman–Crippen LogP) is 2.26. The van der Waals surface area contributed by atoms with Gasteiger partial charge in [-0.2, -0.15) is 0 Å². The number of aryl methyl sites for hydroxylation is 1. The van der Waals surface area contributed by atoms with E-state index in [9.17, 15) is 19.5 Å². The van der Waals surface area contributed by atoms with E-state index in [0.29, 0.717) is 5.56 Å². The molecule has 1 aromatic rings. The van der Waals surface area contributed by atoms with E-state index in [-0.39, 0.29) is 0 Å². The van der Waals surface area contributed by atoms with E-state index in [2.05, 4.69) is 16.7 Å². The first-order valence-corrected chi connectivity index (χ1v) is 9.97. The van der Waals surface area contributed by atoms with Gasteiger partial charge >= 0.3 is 6.09 Å². The fourth-order valence-electron chi connectivity index (χ4n) is 2.67. The summed E-state index contributed by atoms with van der Waals surface area (Å²) in [5.74, 6) is -1.30. The summed E-state index contributed by atoms with van der Waals surface area (Å²) >= 11 is 0. The highest BCUT2D eigenvalue weighted by Gasteiger charge is 2.36. The lowest BCUT2D eigenvalue weighted by molar-refractivity contribution is -0.139. The highest BCUT2D eigenvalue weighted by molar-refractivity contribution is 5.93. The Hall–Kier alpha value is -3.05. The van der Waals surface area contributed by atoms with Crippen molar-refractivity contribution in [1.82, 2.24) is 15.5 Å². The van der Waals surface area contributed by atoms with Crippen LogP contribution in [0.1, 0.15) is 58.7 Å². The average molecular weight is 432 g/mol. The number of carbonyl (C=O) groups is 3. The second-order valence-corrected chi connectivity index (χ2v) is 9.27. The first kappa shape index (κ1) is 26.0. The molecule has 0 aliphatic rings. The number of carbonyl (C=O) groups excluding carboxylic acids is 3. The number of nitrogens with zero attached hydrogens (tertiary/aromatic N) is 1. The fraction of sp³-hybridized carbons (Fsp3) is 0.522. The van der Waals surface area contributed by atoms with E-state index < -0.39 is 47.7 Å². The first-order chi connectivity index (χ1) is 14.2. The summed E-state index contributed by atoms with van der Waals surface area (Å²) in [7, 11) is 0. The smallest absolute Gasteiger partial charge is 0.408 e. The molecule has 1 aromatic carbocycles. The standard InChI is InChI=1S/C23H33N3O5/c1-9-26(20(29)17(14-27)24-21(30)31-23(6,7)8)18(19(28)25-22(3,4)5)16-12-10-15(2)11-13-16/h1,10-13,17-18,27H,14H2,2-8H3,(H,24,30)(H,25,28). The van der Waals surface area contributed by atoms with Crippen molar-refractivity contribution in [3.8, 4) is 12.5 Å². The summed E-state index contributed by atoms with van der Waals surface area (Å²) in [5, 5.41) is 14.9. The van der Waals surface area contributed by atoms with Crippen molar-refractivity contribution in [3.63, 3.8) is 0 Å². The largest absolute Gasteiger partial charge is 0.444 e. The zero-order chi connectivity index (χ0) is 24.0. The van der Waals surface area contributed by atoms with Crippen LogP contribution in [-0.2, 0) is 14.3 Å². The average Bonchev–Trinajstić information content (AvgIpc) is 2.61. The number of alkyl carbamates (subject to hydrolysis) is 1. The van der Waals surface area contributed by atoms with Gasteiger partial charge < -0.3 is 20.5 Å². The molecule has 0 heterocycles. The summed E-state index contributed by atoms with van der Waals surface area (Å²) in [4.78, 5) is 39.2. The van der Waals surface area contributed by atoms with Gasteiger partial charge in [0.1, 0.15) is 17.7 Å². The molecule has 0 bridgehead atoms. The fourth-order valence-corrected chi connectivity index (χ4v) is 2.67. The predicted molar refractivity (Wildman–Crippen MR) is 118 cm³/mol. The number of terminal acetylenes is 1. The lowest BCUT2D eigenvalue weighted by Crippen LogP contribution is -2.54. The number of ether oxygens (including phenoxy) is 1. The molecule has 0 aromatic heterocycles. The van der Waals surface area contributed by atoms with Crippen molar-refractivity contribution in [3.05, 3.63) is 35.4 Å². The summed E-state index contributed by atoms with van der Waals surface area (Å²) in [6.45, 7) is 11.6. The quantitative estimate of drug-likeness (QED) is 0.473. The maximum absolute atomic E-state index is 13.1. The molecule has 8 heteroatoms. The van der Waals surface area contributed by atoms with Gasteiger partial charge in [0.15, 0.2) is 0 Å². The number of hydrogen-bond acceptors (Lipinski definition) is 5. The van der Waals surface area contributed by atoms with Crippen molar-refractivity contribution in [1.29, 1.82) is 0 Å². The number of hydrogen-bond donors (Lipinski definition) is 3. The minimum atomic E-state index is -1.39. The topological polar surface area (TPSA) is 108 Å². The molecule has 31 heavy (non-hydrogen) atoms. The van der Waals surface area contributed by atoms with E-state index in [1.54, 1.807) is 65.8 Å². The summed E-state index contributed by atoms with van der Waals surface area (Å²) in [6.07, 6.45) is 4.73. The second kappa shape index (κ2) is 10.3. The van der Waals surface area contributed by atoms with Gasteiger partial charge in [-0.05, 0) is 54.0 Å². The Bertz CT molecular complexity index is 829. The Balaban J connectivity index is 3.28. The molecule has 2 unspecified atom stereocenters. The summed E-state index contributed by atoms with van der Waals surface area (Å²) < 4.78 is 5.14. The molecule has 170 valence electrons. The first-order valence-electron chi connectivity index (χ1n) is 9.97.